The molecule has 0 aromatic rings. The lowest BCUT2D eigenvalue weighted by molar-refractivity contribution is -0.126. The maximum atomic E-state index is 10.8. The van der Waals surface area contributed by atoms with Gasteiger partial charge in [0.1, 0.15) is 0 Å². The topological polar surface area (TPSA) is 69.1 Å². The molecule has 0 saturated carbocycles. The molecule has 0 aromatic carbocycles. The van der Waals surface area contributed by atoms with Crippen LogP contribution in [0, 0.1) is 5.41 Å². The molecule has 11 heavy (non-hydrogen) atoms. The smallest absolute Gasteiger partial charge is 0.223 e. The Morgan fingerprint density at radius 1 is 1.36 bits per heavy atom. The summed E-state index contributed by atoms with van der Waals surface area (Å²) in [5, 5.41) is 0. The van der Waals surface area contributed by atoms with Crippen LogP contribution < -0.4 is 11.5 Å². The minimum Gasteiger partial charge on any atom is -0.369 e. The second-order valence-corrected chi connectivity index (χ2v) is 3.49. The van der Waals surface area contributed by atoms with Crippen molar-refractivity contribution in [3.05, 3.63) is 0 Å². The molecule has 0 aliphatic heterocycles. The van der Waals surface area contributed by atoms with Gasteiger partial charge in [0.15, 0.2) is 0 Å². The van der Waals surface area contributed by atoms with Crippen LogP contribution in [0.1, 0.15) is 33.1 Å². The van der Waals surface area contributed by atoms with Gasteiger partial charge in [-0.15, -0.1) is 0 Å². The molecule has 0 fully saturated rings. The highest BCUT2D eigenvalue weighted by atomic mass is 16.1. The molecular weight excluding hydrogens is 140 g/mol. The van der Waals surface area contributed by atoms with Crippen molar-refractivity contribution >= 4 is 5.91 Å². The van der Waals surface area contributed by atoms with Crippen LogP contribution in [0.3, 0.4) is 0 Å². The predicted octanol–water partition coefficient (Wildman–Crippen LogP) is 0.627. The first-order valence-corrected chi connectivity index (χ1v) is 4.00. The van der Waals surface area contributed by atoms with E-state index >= 15 is 0 Å². The second-order valence-electron chi connectivity index (χ2n) is 3.49. The van der Waals surface area contributed by atoms with E-state index in [2.05, 4.69) is 0 Å². The van der Waals surface area contributed by atoms with E-state index in [0.717, 1.165) is 19.3 Å². The second kappa shape index (κ2) is 4.34. The van der Waals surface area contributed by atoms with Gasteiger partial charge in [0.05, 0.1) is 0 Å². The summed E-state index contributed by atoms with van der Waals surface area (Å²) in [5.74, 6) is -0.227. The van der Waals surface area contributed by atoms with E-state index in [1.807, 2.05) is 13.8 Å². The Labute approximate surface area is 68.1 Å². The van der Waals surface area contributed by atoms with Crippen LogP contribution in [0.4, 0.5) is 0 Å². The Balaban J connectivity index is 3.64. The lowest BCUT2D eigenvalue weighted by atomic mass is 9.86. The quantitative estimate of drug-likeness (QED) is 0.576. The average molecular weight is 158 g/mol. The van der Waals surface area contributed by atoms with Crippen molar-refractivity contribution in [1.82, 2.24) is 0 Å². The van der Waals surface area contributed by atoms with Crippen LogP contribution in [0.15, 0.2) is 0 Å². The van der Waals surface area contributed by atoms with E-state index in [1.165, 1.54) is 0 Å². The molecule has 0 rings (SSSR count). The zero-order valence-electron chi connectivity index (χ0n) is 7.39. The minimum atomic E-state index is -0.366. The molecule has 3 heteroatoms. The number of rotatable bonds is 5. The molecule has 0 radical (unpaired) electrons. The summed E-state index contributed by atoms with van der Waals surface area (Å²) < 4.78 is 0. The third-order valence-corrected chi connectivity index (χ3v) is 1.92. The Bertz CT molecular complexity index is 132. The van der Waals surface area contributed by atoms with Gasteiger partial charge in [-0.25, -0.2) is 0 Å². The third kappa shape index (κ3) is 3.98. The van der Waals surface area contributed by atoms with Crippen molar-refractivity contribution < 1.29 is 4.79 Å². The average Bonchev–Trinajstić information content (AvgIpc) is 1.88. The molecule has 0 bridgehead atoms. The molecule has 0 aliphatic carbocycles. The number of nitrogens with two attached hydrogens (primary N) is 2. The van der Waals surface area contributed by atoms with Crippen LogP contribution in [-0.2, 0) is 4.79 Å². The fourth-order valence-corrected chi connectivity index (χ4v) is 0.834. The molecule has 0 heterocycles. The first-order valence-electron chi connectivity index (χ1n) is 4.00. The van der Waals surface area contributed by atoms with Crippen LogP contribution in [0.5, 0.6) is 0 Å². The van der Waals surface area contributed by atoms with Gasteiger partial charge < -0.3 is 11.5 Å². The zero-order chi connectivity index (χ0) is 8.91. The molecule has 0 spiro atoms. The fraction of sp³-hybridized carbons (Fsp3) is 0.875. The maximum absolute atomic E-state index is 10.8. The summed E-state index contributed by atoms with van der Waals surface area (Å²) in [4.78, 5) is 10.8. The maximum Gasteiger partial charge on any atom is 0.223 e. The fourth-order valence-electron chi connectivity index (χ4n) is 0.834. The van der Waals surface area contributed by atoms with Gasteiger partial charge in [-0.2, -0.15) is 0 Å². The van der Waals surface area contributed by atoms with Crippen molar-refractivity contribution in [2.45, 2.75) is 33.1 Å². The van der Waals surface area contributed by atoms with E-state index in [9.17, 15) is 4.79 Å². The molecule has 3 nitrogen and oxygen atoms in total. The number of carbonyl (C=O) groups excluding carboxylic acids is 1. The number of hydrogen-bond donors (Lipinski definition) is 2. The van der Waals surface area contributed by atoms with Gasteiger partial charge in [0, 0.05) is 5.41 Å². The van der Waals surface area contributed by atoms with Crippen LogP contribution >= 0.6 is 0 Å². The summed E-state index contributed by atoms with van der Waals surface area (Å²) in [6, 6.07) is 0. The third-order valence-electron chi connectivity index (χ3n) is 1.92. The van der Waals surface area contributed by atoms with E-state index in [-0.39, 0.29) is 11.3 Å². The molecule has 0 aliphatic rings. The Kier molecular flexibility index (Phi) is 4.11. The van der Waals surface area contributed by atoms with Gasteiger partial charge in [0.2, 0.25) is 5.91 Å². The number of hydrogen-bond acceptors (Lipinski definition) is 2. The van der Waals surface area contributed by atoms with Crippen molar-refractivity contribution in [1.29, 1.82) is 0 Å². The monoisotopic (exact) mass is 158 g/mol. The molecule has 1 amide bonds. The van der Waals surface area contributed by atoms with Crippen LogP contribution in [0.25, 0.3) is 0 Å². The van der Waals surface area contributed by atoms with Crippen molar-refractivity contribution in [3.63, 3.8) is 0 Å². The number of primary amides is 1. The van der Waals surface area contributed by atoms with Crippen LogP contribution in [-0.4, -0.2) is 12.5 Å². The highest BCUT2D eigenvalue weighted by Gasteiger charge is 2.23. The number of amides is 1. The number of unbranched alkanes of at least 4 members (excludes halogenated alkanes) is 1. The molecule has 0 atom stereocenters. The summed E-state index contributed by atoms with van der Waals surface area (Å²) >= 11 is 0. The molecule has 4 N–H and O–H groups in total. The van der Waals surface area contributed by atoms with Crippen molar-refractivity contribution in [3.8, 4) is 0 Å². The van der Waals surface area contributed by atoms with E-state index < -0.39 is 0 Å². The lowest BCUT2D eigenvalue weighted by Crippen LogP contribution is -2.31. The largest absolute Gasteiger partial charge is 0.369 e. The molecule has 66 valence electrons. The Hall–Kier alpha value is -0.570. The van der Waals surface area contributed by atoms with Gasteiger partial charge in [0.25, 0.3) is 0 Å². The van der Waals surface area contributed by atoms with Crippen LogP contribution in [0.2, 0.25) is 0 Å². The Morgan fingerprint density at radius 3 is 2.27 bits per heavy atom. The first kappa shape index (κ1) is 10.4. The lowest BCUT2D eigenvalue weighted by Gasteiger charge is -2.19. The summed E-state index contributed by atoms with van der Waals surface area (Å²) in [7, 11) is 0. The van der Waals surface area contributed by atoms with E-state index in [4.69, 9.17) is 11.5 Å². The van der Waals surface area contributed by atoms with E-state index in [1.54, 1.807) is 0 Å². The highest BCUT2D eigenvalue weighted by Crippen LogP contribution is 2.21. The normalized spacial score (nSPS) is 11.5. The van der Waals surface area contributed by atoms with Gasteiger partial charge >= 0.3 is 0 Å². The van der Waals surface area contributed by atoms with Gasteiger partial charge in [-0.05, 0) is 19.4 Å². The standard InChI is InChI=1S/C8H18N2O/c1-8(2,7(10)11)5-3-4-6-9/h3-6,9H2,1-2H3,(H2,10,11). The molecule has 0 aromatic heterocycles. The highest BCUT2D eigenvalue weighted by molar-refractivity contribution is 5.79. The van der Waals surface area contributed by atoms with Gasteiger partial charge in [-0.3, -0.25) is 4.79 Å². The molecular formula is C8H18N2O. The summed E-state index contributed by atoms with van der Waals surface area (Å²) in [6.45, 7) is 4.42. The predicted molar refractivity (Wildman–Crippen MR) is 45.9 cm³/mol. The molecule has 0 saturated heterocycles. The number of carbonyl (C=O) groups is 1. The van der Waals surface area contributed by atoms with Gasteiger partial charge in [-0.1, -0.05) is 20.3 Å². The van der Waals surface area contributed by atoms with Crippen molar-refractivity contribution in [2.75, 3.05) is 6.54 Å². The van der Waals surface area contributed by atoms with Crippen molar-refractivity contribution in [2.24, 2.45) is 16.9 Å². The Morgan fingerprint density at radius 2 is 1.91 bits per heavy atom. The first-order chi connectivity index (χ1) is 5.00. The summed E-state index contributed by atoms with van der Waals surface area (Å²) in [6.07, 6.45) is 2.78. The summed E-state index contributed by atoms with van der Waals surface area (Å²) in [5.41, 5.74) is 10.1. The molecule has 0 unspecified atom stereocenters. The zero-order valence-corrected chi connectivity index (χ0v) is 7.39. The minimum absolute atomic E-state index is 0.227. The SMILES string of the molecule is CC(C)(CCCCN)C(N)=O. The van der Waals surface area contributed by atoms with E-state index in [0.29, 0.717) is 6.54 Å².